The molecule has 174 valence electrons. The molecule has 0 aliphatic carbocycles. The van der Waals surface area contributed by atoms with Crippen LogP contribution in [0.25, 0.3) is 0 Å². The molecule has 0 saturated carbocycles. The molecule has 0 aromatic heterocycles. The first-order valence-electron chi connectivity index (χ1n) is 11.1. The van der Waals surface area contributed by atoms with Crippen LogP contribution in [0, 0.1) is 19.8 Å². The maximum absolute atomic E-state index is 13.7. The SMILES string of the molecule is COc1ccc([C@H]2[C@@H]3C(=O)N(c4ccc(C)c(C)c4)C(=O)[C@H]3ON2c2ccc(OC)cc2)cc1. The number of hydroxylamine groups is 1. The van der Waals surface area contributed by atoms with Crippen molar-refractivity contribution in [3.05, 3.63) is 83.4 Å². The fraction of sp³-hybridized carbons (Fsp3) is 0.259. The van der Waals surface area contributed by atoms with E-state index in [1.807, 2.05) is 80.6 Å². The van der Waals surface area contributed by atoms with E-state index in [0.29, 0.717) is 17.2 Å². The Morgan fingerprint density at radius 1 is 0.735 bits per heavy atom. The van der Waals surface area contributed by atoms with Crippen LogP contribution in [-0.4, -0.2) is 32.1 Å². The molecular formula is C27H26N2O5. The molecule has 34 heavy (non-hydrogen) atoms. The van der Waals surface area contributed by atoms with Crippen molar-refractivity contribution in [3.8, 4) is 11.5 Å². The Balaban J connectivity index is 1.56. The predicted octanol–water partition coefficient (Wildman–Crippen LogP) is 4.37. The molecule has 2 fully saturated rings. The Bertz CT molecular complexity index is 1240. The molecule has 2 aliphatic rings. The van der Waals surface area contributed by atoms with E-state index in [0.717, 1.165) is 22.4 Å². The number of hydrogen-bond donors (Lipinski definition) is 0. The van der Waals surface area contributed by atoms with E-state index in [2.05, 4.69) is 0 Å². The Labute approximate surface area is 198 Å². The number of benzene rings is 3. The summed E-state index contributed by atoms with van der Waals surface area (Å²) in [6.45, 7) is 3.96. The van der Waals surface area contributed by atoms with E-state index >= 15 is 0 Å². The number of carbonyl (C=O) groups is 2. The molecule has 5 rings (SSSR count). The van der Waals surface area contributed by atoms with Crippen LogP contribution in [0.2, 0.25) is 0 Å². The van der Waals surface area contributed by atoms with Crippen LogP contribution < -0.4 is 19.4 Å². The maximum atomic E-state index is 13.7. The van der Waals surface area contributed by atoms with Crippen LogP contribution in [0.4, 0.5) is 11.4 Å². The molecule has 7 heteroatoms. The number of anilines is 2. The number of amides is 2. The van der Waals surface area contributed by atoms with Crippen molar-refractivity contribution in [2.75, 3.05) is 24.2 Å². The highest BCUT2D eigenvalue weighted by Gasteiger charge is 2.60. The lowest BCUT2D eigenvalue weighted by molar-refractivity contribution is -0.126. The Kier molecular flexibility index (Phi) is 5.49. The summed E-state index contributed by atoms with van der Waals surface area (Å²) in [7, 11) is 3.21. The van der Waals surface area contributed by atoms with Crippen molar-refractivity contribution >= 4 is 23.2 Å². The van der Waals surface area contributed by atoms with Crippen molar-refractivity contribution in [2.45, 2.75) is 26.0 Å². The highest BCUT2D eigenvalue weighted by atomic mass is 16.7. The number of ether oxygens (including phenoxy) is 2. The quantitative estimate of drug-likeness (QED) is 0.529. The van der Waals surface area contributed by atoms with Crippen LogP contribution in [0.3, 0.4) is 0 Å². The largest absolute Gasteiger partial charge is 0.497 e. The van der Waals surface area contributed by atoms with Gasteiger partial charge in [-0.3, -0.25) is 14.4 Å². The normalized spacial score (nSPS) is 21.7. The highest BCUT2D eigenvalue weighted by molar-refractivity contribution is 6.24. The molecule has 0 unspecified atom stereocenters. The van der Waals surface area contributed by atoms with Crippen LogP contribution in [0.15, 0.2) is 66.7 Å². The van der Waals surface area contributed by atoms with E-state index in [-0.39, 0.29) is 11.8 Å². The smallest absolute Gasteiger partial charge is 0.266 e. The Hall–Kier alpha value is -3.84. The minimum absolute atomic E-state index is 0.268. The molecule has 0 bridgehead atoms. The summed E-state index contributed by atoms with van der Waals surface area (Å²) in [4.78, 5) is 34.7. The van der Waals surface area contributed by atoms with Gasteiger partial charge in [0.05, 0.1) is 31.6 Å². The van der Waals surface area contributed by atoms with Gasteiger partial charge in [0, 0.05) is 0 Å². The molecule has 0 spiro atoms. The molecule has 2 saturated heterocycles. The number of imide groups is 1. The summed E-state index contributed by atoms with van der Waals surface area (Å²) in [6, 6.07) is 20.0. The molecule has 0 N–H and O–H groups in total. The average molecular weight is 459 g/mol. The van der Waals surface area contributed by atoms with Gasteiger partial charge in [0.2, 0.25) is 5.91 Å². The van der Waals surface area contributed by atoms with Gasteiger partial charge >= 0.3 is 0 Å². The van der Waals surface area contributed by atoms with Crippen LogP contribution in [-0.2, 0) is 14.4 Å². The standard InChI is InChI=1S/C27H26N2O5/c1-16-5-8-20(15-17(16)2)28-26(30)23-24(18-6-11-21(32-3)12-7-18)29(34-25(23)27(28)31)19-9-13-22(33-4)14-10-19/h5-15,23-25H,1-4H3/t23-,24-,25-/m0/s1. The number of nitrogens with zero attached hydrogens (tertiary/aromatic N) is 2. The first-order valence-corrected chi connectivity index (χ1v) is 11.1. The van der Waals surface area contributed by atoms with Crippen molar-refractivity contribution in [1.82, 2.24) is 0 Å². The number of aryl methyl sites for hydroxylation is 2. The van der Waals surface area contributed by atoms with Crippen molar-refractivity contribution < 1.29 is 23.9 Å². The summed E-state index contributed by atoms with van der Waals surface area (Å²) in [6.07, 6.45) is -0.914. The van der Waals surface area contributed by atoms with Gasteiger partial charge in [0.1, 0.15) is 17.4 Å². The summed E-state index contributed by atoms with van der Waals surface area (Å²) < 4.78 is 10.6. The van der Waals surface area contributed by atoms with Gasteiger partial charge < -0.3 is 9.47 Å². The lowest BCUT2D eigenvalue weighted by Crippen LogP contribution is -2.37. The topological polar surface area (TPSA) is 68.3 Å². The molecule has 2 aliphatic heterocycles. The van der Waals surface area contributed by atoms with Gasteiger partial charge in [-0.05, 0) is 79.1 Å². The third kappa shape index (κ3) is 3.49. The predicted molar refractivity (Wildman–Crippen MR) is 128 cm³/mol. The zero-order valence-corrected chi connectivity index (χ0v) is 19.5. The zero-order chi connectivity index (χ0) is 24.0. The maximum Gasteiger partial charge on any atom is 0.266 e. The minimum Gasteiger partial charge on any atom is -0.497 e. The zero-order valence-electron chi connectivity index (χ0n) is 19.5. The van der Waals surface area contributed by atoms with Gasteiger partial charge in [-0.2, -0.15) is 0 Å². The first-order chi connectivity index (χ1) is 16.4. The van der Waals surface area contributed by atoms with E-state index in [4.69, 9.17) is 14.3 Å². The monoisotopic (exact) mass is 458 g/mol. The number of rotatable bonds is 5. The molecule has 0 radical (unpaired) electrons. The van der Waals surface area contributed by atoms with E-state index in [1.165, 1.54) is 4.90 Å². The molecule has 7 nitrogen and oxygen atoms in total. The van der Waals surface area contributed by atoms with Gasteiger partial charge in [0.15, 0.2) is 6.10 Å². The van der Waals surface area contributed by atoms with Gasteiger partial charge in [0.25, 0.3) is 5.91 Å². The summed E-state index contributed by atoms with van der Waals surface area (Å²) >= 11 is 0. The van der Waals surface area contributed by atoms with Crippen molar-refractivity contribution in [3.63, 3.8) is 0 Å². The van der Waals surface area contributed by atoms with Gasteiger partial charge in [-0.25, -0.2) is 9.96 Å². The van der Waals surface area contributed by atoms with Crippen molar-refractivity contribution in [2.24, 2.45) is 5.92 Å². The fourth-order valence-corrected chi connectivity index (χ4v) is 4.63. The lowest BCUT2D eigenvalue weighted by atomic mass is 9.90. The molecule has 3 aromatic carbocycles. The second kappa shape index (κ2) is 8.50. The number of carbonyl (C=O) groups excluding carboxylic acids is 2. The molecular weight excluding hydrogens is 432 g/mol. The summed E-state index contributed by atoms with van der Waals surface area (Å²) in [5.41, 5.74) is 4.27. The number of methoxy groups -OCH3 is 2. The number of fused-ring (bicyclic) bond motifs is 1. The van der Waals surface area contributed by atoms with E-state index in [9.17, 15) is 9.59 Å². The Morgan fingerprint density at radius 3 is 1.91 bits per heavy atom. The van der Waals surface area contributed by atoms with E-state index < -0.39 is 18.1 Å². The van der Waals surface area contributed by atoms with Gasteiger partial charge in [-0.15, -0.1) is 0 Å². The minimum atomic E-state index is -0.914. The first kappa shape index (κ1) is 22.0. The third-order valence-electron chi connectivity index (χ3n) is 6.65. The van der Waals surface area contributed by atoms with Crippen molar-refractivity contribution in [1.29, 1.82) is 0 Å². The number of hydrogen-bond acceptors (Lipinski definition) is 6. The van der Waals surface area contributed by atoms with Crippen LogP contribution >= 0.6 is 0 Å². The second-order valence-corrected chi connectivity index (χ2v) is 8.57. The third-order valence-corrected chi connectivity index (χ3v) is 6.65. The fourth-order valence-electron chi connectivity index (χ4n) is 4.63. The average Bonchev–Trinajstić information content (AvgIpc) is 3.37. The lowest BCUT2D eigenvalue weighted by Gasteiger charge is -2.29. The molecule has 2 amide bonds. The second-order valence-electron chi connectivity index (χ2n) is 8.57. The van der Waals surface area contributed by atoms with Crippen LogP contribution in [0.5, 0.6) is 11.5 Å². The van der Waals surface area contributed by atoms with Crippen LogP contribution in [0.1, 0.15) is 22.7 Å². The summed E-state index contributed by atoms with van der Waals surface area (Å²) in [5, 5.41) is 1.67. The highest BCUT2D eigenvalue weighted by Crippen LogP contribution is 2.48. The summed E-state index contributed by atoms with van der Waals surface area (Å²) in [5.74, 6) is 0.102. The van der Waals surface area contributed by atoms with Gasteiger partial charge in [-0.1, -0.05) is 18.2 Å². The van der Waals surface area contributed by atoms with E-state index in [1.54, 1.807) is 19.3 Å². The Morgan fingerprint density at radius 2 is 1.32 bits per heavy atom. The molecule has 3 aromatic rings. The molecule has 3 atom stereocenters. The molecule has 2 heterocycles.